The van der Waals surface area contributed by atoms with Crippen LogP contribution in [0.3, 0.4) is 0 Å². The molecule has 21 heavy (non-hydrogen) atoms. The van der Waals surface area contributed by atoms with E-state index in [1.165, 1.54) is 7.11 Å². The maximum atomic E-state index is 11.6. The van der Waals surface area contributed by atoms with E-state index in [2.05, 4.69) is 10.1 Å². The predicted octanol–water partition coefficient (Wildman–Crippen LogP) is -0.399. The molecule has 1 atom stereocenters. The van der Waals surface area contributed by atoms with E-state index in [0.717, 1.165) is 10.5 Å². The van der Waals surface area contributed by atoms with Crippen LogP contribution < -0.4 is 19.7 Å². The van der Waals surface area contributed by atoms with Crippen LogP contribution >= 0.6 is 0 Å². The third-order valence-corrected chi connectivity index (χ3v) is 2.84. The van der Waals surface area contributed by atoms with Crippen molar-refractivity contribution in [3.8, 4) is 11.5 Å². The van der Waals surface area contributed by atoms with Crippen LogP contribution in [0.1, 0.15) is 5.56 Å². The lowest BCUT2D eigenvalue weighted by Crippen LogP contribution is -3.08. The van der Waals surface area contributed by atoms with Crippen molar-refractivity contribution >= 4 is 12.0 Å². The van der Waals surface area contributed by atoms with E-state index in [9.17, 15) is 9.59 Å². The van der Waals surface area contributed by atoms with Crippen molar-refractivity contribution in [1.29, 1.82) is 0 Å². The van der Waals surface area contributed by atoms with Crippen molar-refractivity contribution in [3.05, 3.63) is 23.8 Å². The summed E-state index contributed by atoms with van der Waals surface area (Å²) in [5.74, 6) is 0.906. The second-order valence-corrected chi connectivity index (χ2v) is 4.54. The fourth-order valence-corrected chi connectivity index (χ4v) is 1.88. The summed E-state index contributed by atoms with van der Waals surface area (Å²) in [4.78, 5) is 23.4. The molecule has 1 unspecified atom stereocenters. The Morgan fingerprint density at radius 1 is 1.14 bits per heavy atom. The number of ether oxygens (including phenoxy) is 3. The van der Waals surface area contributed by atoms with Crippen molar-refractivity contribution in [1.82, 2.24) is 5.32 Å². The Morgan fingerprint density at radius 3 is 2.38 bits per heavy atom. The van der Waals surface area contributed by atoms with Gasteiger partial charge >= 0.3 is 6.09 Å². The Balaban J connectivity index is 2.60. The number of likely N-dealkylation sites (N-methyl/N-ethyl adjacent to an activating group) is 1. The lowest BCUT2D eigenvalue weighted by Gasteiger charge is -2.14. The van der Waals surface area contributed by atoms with Crippen LogP contribution in [0, 0.1) is 0 Å². The number of rotatable bonds is 6. The van der Waals surface area contributed by atoms with E-state index in [4.69, 9.17) is 9.47 Å². The standard InChI is InChI=1S/C14H20N2O5/c1-16(9-13(17)15-14(18)21-4)8-10-5-6-11(19-2)12(7-10)20-3/h5-7H,8-9H2,1-4H3,(H,15,17,18)/p+1. The summed E-state index contributed by atoms with van der Waals surface area (Å²) in [6.07, 6.45) is -0.751. The van der Waals surface area contributed by atoms with Crippen LogP contribution in [0.25, 0.3) is 0 Å². The highest BCUT2D eigenvalue weighted by molar-refractivity contribution is 5.92. The first-order valence-corrected chi connectivity index (χ1v) is 6.40. The van der Waals surface area contributed by atoms with Gasteiger partial charge in [-0.25, -0.2) is 4.79 Å². The Bertz CT molecular complexity index is 504. The van der Waals surface area contributed by atoms with E-state index < -0.39 is 6.09 Å². The lowest BCUT2D eigenvalue weighted by atomic mass is 10.2. The van der Waals surface area contributed by atoms with Gasteiger partial charge in [0.15, 0.2) is 18.0 Å². The number of alkyl carbamates (subject to hydrolysis) is 1. The number of hydrogen-bond acceptors (Lipinski definition) is 5. The molecular formula is C14H21N2O5+. The molecule has 0 aliphatic carbocycles. The molecule has 7 heteroatoms. The number of methoxy groups -OCH3 is 3. The van der Waals surface area contributed by atoms with Gasteiger partial charge < -0.3 is 19.1 Å². The van der Waals surface area contributed by atoms with Crippen LogP contribution in [0.5, 0.6) is 11.5 Å². The Hall–Kier alpha value is -2.28. The number of imide groups is 1. The number of benzene rings is 1. The summed E-state index contributed by atoms with van der Waals surface area (Å²) in [5.41, 5.74) is 0.996. The summed E-state index contributed by atoms with van der Waals surface area (Å²) >= 11 is 0. The molecule has 0 aliphatic heterocycles. The molecule has 0 aromatic heterocycles. The largest absolute Gasteiger partial charge is 0.493 e. The van der Waals surface area contributed by atoms with E-state index >= 15 is 0 Å². The molecule has 1 aromatic carbocycles. The molecule has 2 amide bonds. The van der Waals surface area contributed by atoms with Crippen molar-refractivity contribution in [2.45, 2.75) is 6.54 Å². The third kappa shape index (κ3) is 5.31. The molecule has 1 aromatic rings. The first kappa shape index (κ1) is 16.8. The Morgan fingerprint density at radius 2 is 1.81 bits per heavy atom. The minimum absolute atomic E-state index is 0.156. The summed E-state index contributed by atoms with van der Waals surface area (Å²) < 4.78 is 14.8. The number of carbonyl (C=O) groups is 2. The maximum Gasteiger partial charge on any atom is 0.413 e. The normalized spacial score (nSPS) is 11.4. The molecule has 0 aliphatic rings. The number of carbonyl (C=O) groups excluding carboxylic acids is 2. The van der Waals surface area contributed by atoms with Crippen molar-refractivity contribution in [3.63, 3.8) is 0 Å². The molecule has 0 saturated heterocycles. The molecule has 0 radical (unpaired) electrons. The monoisotopic (exact) mass is 297 g/mol. The summed E-state index contributed by atoms with van der Waals surface area (Å²) in [6, 6.07) is 5.58. The minimum atomic E-state index is -0.751. The van der Waals surface area contributed by atoms with Gasteiger partial charge in [-0.2, -0.15) is 0 Å². The number of quaternary nitrogens is 1. The summed E-state index contributed by atoms with van der Waals surface area (Å²) in [7, 11) is 6.21. The van der Waals surface area contributed by atoms with Gasteiger partial charge in [0.05, 0.1) is 28.4 Å². The predicted molar refractivity (Wildman–Crippen MR) is 75.6 cm³/mol. The molecule has 0 spiro atoms. The Kier molecular flexibility index (Phi) is 6.48. The molecule has 0 saturated carbocycles. The number of hydrogen-bond donors (Lipinski definition) is 2. The molecule has 7 nitrogen and oxygen atoms in total. The van der Waals surface area contributed by atoms with Crippen molar-refractivity contribution < 1.29 is 28.7 Å². The zero-order valence-electron chi connectivity index (χ0n) is 12.7. The first-order chi connectivity index (χ1) is 9.99. The molecule has 0 bridgehead atoms. The van der Waals surface area contributed by atoms with Crippen LogP contribution in [0.15, 0.2) is 18.2 Å². The third-order valence-electron chi connectivity index (χ3n) is 2.84. The smallest absolute Gasteiger partial charge is 0.413 e. The van der Waals surface area contributed by atoms with Gasteiger partial charge in [0.25, 0.3) is 5.91 Å². The van der Waals surface area contributed by atoms with E-state index in [1.54, 1.807) is 14.2 Å². The fraction of sp³-hybridized carbons (Fsp3) is 0.429. The van der Waals surface area contributed by atoms with Gasteiger partial charge in [0.1, 0.15) is 6.54 Å². The molecule has 2 N–H and O–H groups in total. The summed E-state index contributed by atoms with van der Waals surface area (Å²) in [6.45, 7) is 0.762. The highest BCUT2D eigenvalue weighted by atomic mass is 16.5. The molecular weight excluding hydrogens is 276 g/mol. The van der Waals surface area contributed by atoms with E-state index in [-0.39, 0.29) is 12.5 Å². The Labute approximate surface area is 123 Å². The highest BCUT2D eigenvalue weighted by Gasteiger charge is 2.14. The zero-order valence-corrected chi connectivity index (χ0v) is 12.7. The van der Waals surface area contributed by atoms with Crippen molar-refractivity contribution in [2.24, 2.45) is 0 Å². The average molecular weight is 297 g/mol. The van der Waals surface area contributed by atoms with E-state index in [1.807, 2.05) is 25.2 Å². The average Bonchev–Trinajstić information content (AvgIpc) is 2.46. The molecule has 116 valence electrons. The van der Waals surface area contributed by atoms with E-state index in [0.29, 0.717) is 18.0 Å². The van der Waals surface area contributed by atoms with Crippen molar-refractivity contribution in [2.75, 3.05) is 34.9 Å². The summed E-state index contributed by atoms with van der Waals surface area (Å²) in [5, 5.41) is 2.12. The van der Waals surface area contributed by atoms with Crippen LogP contribution in [-0.2, 0) is 16.1 Å². The number of amides is 2. The van der Waals surface area contributed by atoms with Crippen LogP contribution in [0.2, 0.25) is 0 Å². The van der Waals surface area contributed by atoms with Gasteiger partial charge in [-0.1, -0.05) is 0 Å². The molecule has 0 fully saturated rings. The van der Waals surface area contributed by atoms with Crippen LogP contribution in [-0.4, -0.2) is 46.9 Å². The first-order valence-electron chi connectivity index (χ1n) is 6.40. The van der Waals surface area contributed by atoms with Crippen LogP contribution in [0.4, 0.5) is 4.79 Å². The minimum Gasteiger partial charge on any atom is -0.493 e. The van der Waals surface area contributed by atoms with Gasteiger partial charge in [0, 0.05) is 5.56 Å². The lowest BCUT2D eigenvalue weighted by molar-refractivity contribution is -0.885. The second-order valence-electron chi connectivity index (χ2n) is 4.54. The number of nitrogens with one attached hydrogen (secondary N) is 2. The molecule has 0 heterocycles. The van der Waals surface area contributed by atoms with Gasteiger partial charge in [0.2, 0.25) is 0 Å². The highest BCUT2D eigenvalue weighted by Crippen LogP contribution is 2.27. The second kappa shape index (κ2) is 8.11. The molecule has 1 rings (SSSR count). The maximum absolute atomic E-state index is 11.6. The van der Waals surface area contributed by atoms with Gasteiger partial charge in [-0.15, -0.1) is 0 Å². The zero-order chi connectivity index (χ0) is 15.8. The van der Waals surface area contributed by atoms with Gasteiger partial charge in [-0.3, -0.25) is 10.1 Å². The topological polar surface area (TPSA) is 78.3 Å². The fourth-order valence-electron chi connectivity index (χ4n) is 1.88. The quantitative estimate of drug-likeness (QED) is 0.747. The van der Waals surface area contributed by atoms with Gasteiger partial charge in [-0.05, 0) is 18.2 Å². The SMILES string of the molecule is COC(=O)NC(=O)C[NH+](C)Cc1ccc(OC)c(OC)c1.